The van der Waals surface area contributed by atoms with E-state index in [2.05, 4.69) is 19.9 Å². The van der Waals surface area contributed by atoms with Crippen LogP contribution in [0.15, 0.2) is 30.3 Å². The van der Waals surface area contributed by atoms with Gasteiger partial charge in [0, 0.05) is 5.56 Å². The second kappa shape index (κ2) is 4.78. The molecule has 0 saturated carbocycles. The molecule has 0 aliphatic carbocycles. The summed E-state index contributed by atoms with van der Waals surface area (Å²) in [5, 5.41) is 0. The number of anilines is 2. The van der Waals surface area contributed by atoms with Crippen molar-refractivity contribution in [3.63, 3.8) is 0 Å². The van der Waals surface area contributed by atoms with Gasteiger partial charge in [0.05, 0.1) is 0 Å². The first kappa shape index (κ1) is 12.9. The molecule has 21 heavy (non-hydrogen) atoms. The Morgan fingerprint density at radius 1 is 0.952 bits per heavy atom. The summed E-state index contributed by atoms with van der Waals surface area (Å²) in [6.45, 7) is 1.69. The van der Waals surface area contributed by atoms with Crippen LogP contribution in [-0.2, 0) is 0 Å². The number of aryl methyl sites for hydroxylation is 1. The minimum atomic E-state index is -0.317. The number of hydrogen-bond donors (Lipinski definition) is 2. The van der Waals surface area contributed by atoms with Gasteiger partial charge in [-0.2, -0.15) is 0 Å². The van der Waals surface area contributed by atoms with Crippen molar-refractivity contribution in [2.24, 2.45) is 0 Å². The highest BCUT2D eigenvalue weighted by Crippen LogP contribution is 2.19. The zero-order valence-electron chi connectivity index (χ0n) is 11.2. The van der Waals surface area contributed by atoms with Crippen molar-refractivity contribution in [2.45, 2.75) is 6.92 Å². The molecule has 3 rings (SSSR count). The van der Waals surface area contributed by atoms with Gasteiger partial charge < -0.3 is 11.5 Å². The van der Waals surface area contributed by atoms with Gasteiger partial charge in [0.15, 0.2) is 28.5 Å². The molecule has 7 heteroatoms. The first-order valence-corrected chi connectivity index (χ1v) is 6.23. The highest BCUT2D eigenvalue weighted by Gasteiger charge is 2.18. The molecule has 7 nitrogen and oxygen atoms in total. The highest BCUT2D eigenvalue weighted by atomic mass is 16.1. The standard InChI is InChI=1S/C14H12N6O/c1-7-17-13(16)10-14(18-7)20-12(15)9(19-10)11(21)8-5-3-2-4-6-8/h2-6H,1H3,(H4,15,16,17,18,20). The molecule has 0 aliphatic heterocycles. The number of nitrogen functional groups attached to an aromatic ring is 2. The van der Waals surface area contributed by atoms with E-state index >= 15 is 0 Å². The number of fused-ring (bicyclic) bond motifs is 1. The first-order valence-electron chi connectivity index (χ1n) is 6.23. The van der Waals surface area contributed by atoms with Crippen molar-refractivity contribution in [1.29, 1.82) is 0 Å². The van der Waals surface area contributed by atoms with Crippen molar-refractivity contribution < 1.29 is 4.79 Å². The van der Waals surface area contributed by atoms with Crippen LogP contribution in [0.3, 0.4) is 0 Å². The zero-order chi connectivity index (χ0) is 15.0. The summed E-state index contributed by atoms with van der Waals surface area (Å²) in [7, 11) is 0. The lowest BCUT2D eigenvalue weighted by atomic mass is 10.1. The molecule has 2 aromatic heterocycles. The molecular weight excluding hydrogens is 268 g/mol. The van der Waals surface area contributed by atoms with E-state index in [1.54, 1.807) is 31.2 Å². The van der Waals surface area contributed by atoms with Crippen molar-refractivity contribution in [3.05, 3.63) is 47.4 Å². The summed E-state index contributed by atoms with van der Waals surface area (Å²) in [5.41, 5.74) is 12.7. The van der Waals surface area contributed by atoms with Gasteiger partial charge in [-0.15, -0.1) is 0 Å². The highest BCUT2D eigenvalue weighted by molar-refractivity contribution is 6.11. The fourth-order valence-corrected chi connectivity index (χ4v) is 1.99. The number of ketones is 1. The van der Waals surface area contributed by atoms with Gasteiger partial charge in [-0.1, -0.05) is 30.3 Å². The zero-order valence-corrected chi connectivity index (χ0v) is 11.2. The lowest BCUT2D eigenvalue weighted by molar-refractivity contribution is 0.103. The Hall–Kier alpha value is -3.09. The first-order chi connectivity index (χ1) is 10.1. The lowest BCUT2D eigenvalue weighted by Crippen LogP contribution is -2.12. The molecule has 3 aromatic rings. The smallest absolute Gasteiger partial charge is 0.215 e. The van der Waals surface area contributed by atoms with E-state index < -0.39 is 0 Å². The van der Waals surface area contributed by atoms with Crippen LogP contribution < -0.4 is 11.5 Å². The predicted octanol–water partition coefficient (Wildman–Crippen LogP) is 1.12. The lowest BCUT2D eigenvalue weighted by Gasteiger charge is -2.07. The summed E-state index contributed by atoms with van der Waals surface area (Å²) in [5.74, 6) is 0.347. The van der Waals surface area contributed by atoms with Crippen molar-refractivity contribution in [3.8, 4) is 0 Å². The van der Waals surface area contributed by atoms with E-state index in [4.69, 9.17) is 11.5 Å². The quantitative estimate of drug-likeness (QED) is 0.675. The van der Waals surface area contributed by atoms with Crippen molar-refractivity contribution in [1.82, 2.24) is 19.9 Å². The van der Waals surface area contributed by atoms with E-state index in [0.29, 0.717) is 11.4 Å². The predicted molar refractivity (Wildman–Crippen MR) is 78.6 cm³/mol. The van der Waals surface area contributed by atoms with E-state index in [1.165, 1.54) is 0 Å². The van der Waals surface area contributed by atoms with Gasteiger partial charge in [0.2, 0.25) is 5.78 Å². The molecule has 4 N–H and O–H groups in total. The fraction of sp³-hybridized carbons (Fsp3) is 0.0714. The minimum absolute atomic E-state index is 0.0221. The Morgan fingerprint density at radius 3 is 2.38 bits per heavy atom. The van der Waals surface area contributed by atoms with E-state index in [0.717, 1.165) is 0 Å². The van der Waals surface area contributed by atoms with Crippen LogP contribution >= 0.6 is 0 Å². The third-order valence-electron chi connectivity index (χ3n) is 2.95. The summed E-state index contributed by atoms with van der Waals surface area (Å²) >= 11 is 0. The van der Waals surface area contributed by atoms with Crippen LogP contribution in [0.4, 0.5) is 11.6 Å². The molecule has 0 saturated heterocycles. The molecule has 0 aliphatic rings. The number of nitrogens with two attached hydrogens (primary N) is 2. The molecule has 0 fully saturated rings. The normalized spacial score (nSPS) is 10.7. The monoisotopic (exact) mass is 280 g/mol. The SMILES string of the molecule is Cc1nc(N)c2nc(C(=O)c3ccccc3)c(N)nc2n1. The largest absolute Gasteiger partial charge is 0.382 e. The Labute approximate surface area is 120 Å². The van der Waals surface area contributed by atoms with Crippen LogP contribution in [0.1, 0.15) is 21.9 Å². The summed E-state index contributed by atoms with van der Waals surface area (Å²) in [4.78, 5) is 28.9. The number of hydrogen-bond acceptors (Lipinski definition) is 7. The summed E-state index contributed by atoms with van der Waals surface area (Å²) in [6, 6.07) is 8.71. The number of nitrogens with zero attached hydrogens (tertiary/aromatic N) is 4. The number of aromatic nitrogens is 4. The molecule has 0 radical (unpaired) electrons. The molecule has 0 bridgehead atoms. The van der Waals surface area contributed by atoms with Gasteiger partial charge >= 0.3 is 0 Å². The van der Waals surface area contributed by atoms with E-state index in [-0.39, 0.29) is 34.3 Å². The number of rotatable bonds is 2. The van der Waals surface area contributed by atoms with Gasteiger partial charge in [-0.05, 0) is 6.92 Å². The Balaban J connectivity index is 2.20. The molecule has 0 amide bonds. The van der Waals surface area contributed by atoms with E-state index in [9.17, 15) is 4.79 Å². The van der Waals surface area contributed by atoms with Gasteiger partial charge in [-0.25, -0.2) is 19.9 Å². The topological polar surface area (TPSA) is 121 Å². The summed E-state index contributed by atoms with van der Waals surface area (Å²) < 4.78 is 0. The minimum Gasteiger partial charge on any atom is -0.382 e. The number of carbonyl (C=O) groups excluding carboxylic acids is 1. The maximum Gasteiger partial charge on any atom is 0.215 e. The third kappa shape index (κ3) is 2.25. The summed E-state index contributed by atoms with van der Waals surface area (Å²) in [6.07, 6.45) is 0. The van der Waals surface area contributed by atoms with Gasteiger partial charge in [0.1, 0.15) is 5.82 Å². The second-order valence-corrected chi connectivity index (χ2v) is 4.48. The maximum atomic E-state index is 12.4. The molecule has 104 valence electrons. The van der Waals surface area contributed by atoms with Gasteiger partial charge in [0.25, 0.3) is 0 Å². The number of carbonyl (C=O) groups is 1. The third-order valence-corrected chi connectivity index (χ3v) is 2.95. The number of benzene rings is 1. The van der Waals surface area contributed by atoms with Crippen molar-refractivity contribution >= 4 is 28.6 Å². The van der Waals surface area contributed by atoms with Crippen LogP contribution in [0.5, 0.6) is 0 Å². The molecule has 0 unspecified atom stereocenters. The van der Waals surface area contributed by atoms with Crippen LogP contribution in [-0.4, -0.2) is 25.7 Å². The average Bonchev–Trinajstić information content (AvgIpc) is 2.46. The average molecular weight is 280 g/mol. The molecule has 0 atom stereocenters. The van der Waals surface area contributed by atoms with Crippen LogP contribution in [0.2, 0.25) is 0 Å². The second-order valence-electron chi connectivity index (χ2n) is 4.48. The Kier molecular flexibility index (Phi) is 2.94. The maximum absolute atomic E-state index is 12.4. The Morgan fingerprint density at radius 2 is 1.67 bits per heavy atom. The molecule has 0 spiro atoms. The van der Waals surface area contributed by atoms with Gasteiger partial charge in [-0.3, -0.25) is 4.79 Å². The van der Waals surface area contributed by atoms with Crippen LogP contribution in [0.25, 0.3) is 11.2 Å². The Bertz CT molecular complexity index is 847. The van der Waals surface area contributed by atoms with Crippen molar-refractivity contribution in [2.75, 3.05) is 11.5 Å². The molecule has 2 heterocycles. The van der Waals surface area contributed by atoms with Crippen LogP contribution in [0, 0.1) is 6.92 Å². The fourth-order valence-electron chi connectivity index (χ4n) is 1.99. The van der Waals surface area contributed by atoms with E-state index in [1.807, 2.05) is 6.07 Å². The molecule has 1 aromatic carbocycles. The molecular formula is C14H12N6O.